The Kier molecular flexibility index (Phi) is 4.02. The predicted octanol–water partition coefficient (Wildman–Crippen LogP) is 2.30. The number of hydrogen-bond donors (Lipinski definition) is 0. The molecule has 0 bridgehead atoms. The number of likely N-dealkylation sites (tertiary alicyclic amines) is 1. The monoisotopic (exact) mass is 246 g/mol. The summed E-state index contributed by atoms with van der Waals surface area (Å²) >= 11 is 0. The third-order valence-electron chi connectivity index (χ3n) is 3.64. The van der Waals surface area contributed by atoms with Crippen molar-refractivity contribution in [1.29, 1.82) is 0 Å². The molecule has 1 atom stereocenters. The molecule has 2 rings (SSSR count). The molecule has 3 heteroatoms. The molecule has 0 spiro atoms. The van der Waals surface area contributed by atoms with E-state index < -0.39 is 0 Å². The first-order chi connectivity index (χ1) is 8.61. The molecule has 1 heterocycles. The fourth-order valence-electron chi connectivity index (χ4n) is 2.62. The van der Waals surface area contributed by atoms with Crippen molar-refractivity contribution < 1.29 is 4.79 Å². The maximum atomic E-state index is 12.5. The highest BCUT2D eigenvalue weighted by Crippen LogP contribution is 2.22. The van der Waals surface area contributed by atoms with Gasteiger partial charge in [-0.05, 0) is 51.6 Å². The predicted molar refractivity (Wildman–Crippen MR) is 74.8 cm³/mol. The van der Waals surface area contributed by atoms with E-state index in [1.165, 1.54) is 5.56 Å². The molecular formula is C15H22N2O. The van der Waals surface area contributed by atoms with Crippen LogP contribution in [0.1, 0.15) is 18.9 Å². The molecule has 1 saturated heterocycles. The Hall–Kier alpha value is -1.35. The number of rotatable bonds is 3. The van der Waals surface area contributed by atoms with Crippen LogP contribution in [0.3, 0.4) is 0 Å². The van der Waals surface area contributed by atoms with E-state index in [1.807, 2.05) is 24.0 Å². The molecule has 0 N–H and O–H groups in total. The number of hydrogen-bond acceptors (Lipinski definition) is 2. The standard InChI is InChI=1S/C15H22N2O/c1-4-17(14-7-5-6-12(2)10-14)15(18)13-8-9-16(3)11-13/h5-7,10,13H,4,8-9,11H2,1-3H3. The van der Waals surface area contributed by atoms with Crippen LogP contribution >= 0.6 is 0 Å². The molecule has 1 aromatic rings. The molecule has 1 aliphatic heterocycles. The van der Waals surface area contributed by atoms with Crippen molar-refractivity contribution in [2.45, 2.75) is 20.3 Å². The van der Waals surface area contributed by atoms with Crippen molar-refractivity contribution in [2.75, 3.05) is 31.6 Å². The minimum absolute atomic E-state index is 0.162. The van der Waals surface area contributed by atoms with E-state index in [1.54, 1.807) is 0 Å². The van der Waals surface area contributed by atoms with E-state index in [2.05, 4.69) is 31.0 Å². The minimum Gasteiger partial charge on any atom is -0.312 e. The van der Waals surface area contributed by atoms with Crippen LogP contribution in [-0.4, -0.2) is 37.5 Å². The zero-order valence-electron chi connectivity index (χ0n) is 11.5. The number of amides is 1. The average Bonchev–Trinajstić information content (AvgIpc) is 2.77. The van der Waals surface area contributed by atoms with Gasteiger partial charge in [-0.2, -0.15) is 0 Å². The molecule has 18 heavy (non-hydrogen) atoms. The van der Waals surface area contributed by atoms with Crippen molar-refractivity contribution in [3.05, 3.63) is 29.8 Å². The van der Waals surface area contributed by atoms with Gasteiger partial charge in [0.05, 0.1) is 5.92 Å². The van der Waals surface area contributed by atoms with E-state index in [0.29, 0.717) is 0 Å². The van der Waals surface area contributed by atoms with Gasteiger partial charge in [0.1, 0.15) is 0 Å². The molecule has 0 saturated carbocycles. The van der Waals surface area contributed by atoms with Crippen molar-refractivity contribution >= 4 is 11.6 Å². The molecule has 1 unspecified atom stereocenters. The highest BCUT2D eigenvalue weighted by molar-refractivity contribution is 5.95. The van der Waals surface area contributed by atoms with Gasteiger partial charge in [0.25, 0.3) is 0 Å². The van der Waals surface area contributed by atoms with Crippen LogP contribution in [0.5, 0.6) is 0 Å². The molecule has 1 aromatic carbocycles. The normalized spacial score (nSPS) is 20.1. The maximum absolute atomic E-state index is 12.5. The topological polar surface area (TPSA) is 23.6 Å². The number of anilines is 1. The first kappa shape index (κ1) is 13.1. The van der Waals surface area contributed by atoms with Gasteiger partial charge in [-0.3, -0.25) is 4.79 Å². The van der Waals surface area contributed by atoms with E-state index in [4.69, 9.17) is 0 Å². The van der Waals surface area contributed by atoms with Crippen molar-refractivity contribution in [2.24, 2.45) is 5.92 Å². The van der Waals surface area contributed by atoms with E-state index >= 15 is 0 Å². The third kappa shape index (κ3) is 2.72. The Morgan fingerprint density at radius 1 is 1.50 bits per heavy atom. The van der Waals surface area contributed by atoms with Crippen LogP contribution in [0.2, 0.25) is 0 Å². The fraction of sp³-hybridized carbons (Fsp3) is 0.533. The number of carbonyl (C=O) groups is 1. The van der Waals surface area contributed by atoms with Crippen LogP contribution in [0.4, 0.5) is 5.69 Å². The second-order valence-corrected chi connectivity index (χ2v) is 5.17. The molecule has 3 nitrogen and oxygen atoms in total. The summed E-state index contributed by atoms with van der Waals surface area (Å²) < 4.78 is 0. The van der Waals surface area contributed by atoms with Gasteiger partial charge >= 0.3 is 0 Å². The van der Waals surface area contributed by atoms with Gasteiger partial charge in [0, 0.05) is 18.8 Å². The van der Waals surface area contributed by atoms with Gasteiger partial charge in [0.2, 0.25) is 5.91 Å². The molecule has 1 aliphatic rings. The van der Waals surface area contributed by atoms with Gasteiger partial charge in [0.15, 0.2) is 0 Å². The van der Waals surface area contributed by atoms with E-state index in [-0.39, 0.29) is 11.8 Å². The molecule has 98 valence electrons. The number of nitrogens with zero attached hydrogens (tertiary/aromatic N) is 2. The number of carbonyl (C=O) groups excluding carboxylic acids is 1. The summed E-state index contributed by atoms with van der Waals surface area (Å²) in [6.07, 6.45) is 0.984. The van der Waals surface area contributed by atoms with E-state index in [0.717, 1.165) is 31.7 Å². The lowest BCUT2D eigenvalue weighted by molar-refractivity contribution is -0.121. The molecular weight excluding hydrogens is 224 g/mol. The molecule has 1 amide bonds. The Labute approximate surface area is 109 Å². The fourth-order valence-corrected chi connectivity index (χ4v) is 2.62. The summed E-state index contributed by atoms with van der Waals surface area (Å²) in [5.41, 5.74) is 2.22. The van der Waals surface area contributed by atoms with Crippen LogP contribution in [0.15, 0.2) is 24.3 Å². The van der Waals surface area contributed by atoms with Crippen LogP contribution in [-0.2, 0) is 4.79 Å². The summed E-state index contributed by atoms with van der Waals surface area (Å²) in [6, 6.07) is 8.18. The van der Waals surface area contributed by atoms with Crippen LogP contribution in [0.25, 0.3) is 0 Å². The Bertz CT molecular complexity index is 430. The van der Waals surface area contributed by atoms with Crippen molar-refractivity contribution in [3.8, 4) is 0 Å². The smallest absolute Gasteiger partial charge is 0.231 e. The lowest BCUT2D eigenvalue weighted by Gasteiger charge is -2.24. The van der Waals surface area contributed by atoms with Crippen molar-refractivity contribution in [3.63, 3.8) is 0 Å². The van der Waals surface area contributed by atoms with E-state index in [9.17, 15) is 4.79 Å². The average molecular weight is 246 g/mol. The van der Waals surface area contributed by atoms with Crippen LogP contribution in [0, 0.1) is 12.8 Å². The highest BCUT2D eigenvalue weighted by Gasteiger charge is 2.29. The minimum atomic E-state index is 0.162. The second-order valence-electron chi connectivity index (χ2n) is 5.17. The summed E-state index contributed by atoms with van der Waals surface area (Å²) in [5.74, 6) is 0.433. The first-order valence-corrected chi connectivity index (χ1v) is 6.68. The number of aryl methyl sites for hydroxylation is 1. The quantitative estimate of drug-likeness (QED) is 0.817. The zero-order chi connectivity index (χ0) is 13.1. The third-order valence-corrected chi connectivity index (χ3v) is 3.64. The summed E-state index contributed by atoms with van der Waals surface area (Å²) in [7, 11) is 2.08. The molecule has 0 radical (unpaired) electrons. The highest BCUT2D eigenvalue weighted by atomic mass is 16.2. The zero-order valence-corrected chi connectivity index (χ0v) is 11.5. The maximum Gasteiger partial charge on any atom is 0.231 e. The number of benzene rings is 1. The molecule has 0 aromatic heterocycles. The van der Waals surface area contributed by atoms with Gasteiger partial charge in [-0.25, -0.2) is 0 Å². The Balaban J connectivity index is 2.15. The lowest BCUT2D eigenvalue weighted by Crippen LogP contribution is -2.37. The van der Waals surface area contributed by atoms with Gasteiger partial charge in [-0.1, -0.05) is 12.1 Å². The SMILES string of the molecule is CCN(C(=O)C1CCN(C)C1)c1cccc(C)c1. The lowest BCUT2D eigenvalue weighted by atomic mass is 10.1. The largest absolute Gasteiger partial charge is 0.312 e. The first-order valence-electron chi connectivity index (χ1n) is 6.68. The van der Waals surface area contributed by atoms with Crippen molar-refractivity contribution in [1.82, 2.24) is 4.90 Å². The summed E-state index contributed by atoms with van der Waals surface area (Å²) in [5, 5.41) is 0. The Morgan fingerprint density at radius 3 is 2.83 bits per heavy atom. The molecule has 0 aliphatic carbocycles. The van der Waals surface area contributed by atoms with Crippen LogP contribution < -0.4 is 4.90 Å². The summed E-state index contributed by atoms with van der Waals surface area (Å²) in [4.78, 5) is 16.7. The second kappa shape index (κ2) is 5.53. The molecule has 1 fully saturated rings. The van der Waals surface area contributed by atoms with Gasteiger partial charge < -0.3 is 9.80 Å². The Morgan fingerprint density at radius 2 is 2.28 bits per heavy atom. The van der Waals surface area contributed by atoms with Gasteiger partial charge in [-0.15, -0.1) is 0 Å². The summed E-state index contributed by atoms with van der Waals surface area (Å²) in [6.45, 7) is 6.76.